The van der Waals surface area contributed by atoms with Crippen LogP contribution in [0.2, 0.25) is 0 Å². The number of benzene rings is 1. The van der Waals surface area contributed by atoms with E-state index < -0.39 is 0 Å². The monoisotopic (exact) mass is 204 g/mol. The Morgan fingerprint density at radius 1 is 1.07 bits per heavy atom. The van der Waals surface area contributed by atoms with Crippen LogP contribution in [0.25, 0.3) is 0 Å². The maximum absolute atomic E-state index is 5.39. The molecule has 1 aromatic rings. The van der Waals surface area contributed by atoms with Gasteiger partial charge in [0.15, 0.2) is 0 Å². The molecule has 1 nitrogen and oxygen atoms in total. The quantitative estimate of drug-likeness (QED) is 0.675. The Morgan fingerprint density at radius 2 is 1.73 bits per heavy atom. The Balaban J connectivity index is 2.60. The number of methoxy groups -OCH3 is 1. The summed E-state index contributed by atoms with van der Waals surface area (Å²) in [6.07, 6.45) is 0. The largest absolute Gasteiger partial charge is 0.496 e. The van der Waals surface area contributed by atoms with E-state index in [2.05, 4.69) is 39.8 Å². The van der Waals surface area contributed by atoms with Crippen molar-refractivity contribution in [3.63, 3.8) is 0 Å². The van der Waals surface area contributed by atoms with Gasteiger partial charge < -0.3 is 4.74 Å². The van der Waals surface area contributed by atoms with Crippen molar-refractivity contribution in [2.24, 2.45) is 5.92 Å². The molecule has 0 spiro atoms. The van der Waals surface area contributed by atoms with Crippen molar-refractivity contribution in [2.75, 3.05) is 7.11 Å². The smallest absolute Gasteiger partial charge is 0.122 e. The summed E-state index contributed by atoms with van der Waals surface area (Å²) >= 11 is 0. The van der Waals surface area contributed by atoms with E-state index in [1.807, 2.05) is 0 Å². The van der Waals surface area contributed by atoms with E-state index in [9.17, 15) is 0 Å². The van der Waals surface area contributed by atoms with Crippen LogP contribution in [-0.4, -0.2) is 7.11 Å². The van der Waals surface area contributed by atoms with Gasteiger partial charge in [-0.05, 0) is 47.4 Å². The van der Waals surface area contributed by atoms with Gasteiger partial charge in [-0.3, -0.25) is 0 Å². The van der Waals surface area contributed by atoms with Crippen molar-refractivity contribution in [2.45, 2.75) is 39.5 Å². The Hall–Kier alpha value is -0.980. The van der Waals surface area contributed by atoms with Crippen molar-refractivity contribution in [3.8, 4) is 5.75 Å². The fraction of sp³-hybridized carbons (Fsp3) is 0.571. The fourth-order valence-electron chi connectivity index (χ4n) is 2.93. The predicted molar refractivity (Wildman–Crippen MR) is 63.7 cm³/mol. The minimum atomic E-state index is 0.657. The molecule has 0 saturated carbocycles. The number of hydrogen-bond acceptors (Lipinski definition) is 1. The third-order valence-electron chi connectivity index (χ3n) is 4.24. The van der Waals surface area contributed by atoms with E-state index in [4.69, 9.17) is 4.74 Å². The van der Waals surface area contributed by atoms with Crippen LogP contribution >= 0.6 is 0 Å². The summed E-state index contributed by atoms with van der Waals surface area (Å²) in [7, 11) is 1.75. The minimum absolute atomic E-state index is 0.657. The molecule has 0 bridgehead atoms. The van der Waals surface area contributed by atoms with Crippen LogP contribution in [0.3, 0.4) is 0 Å². The number of ether oxygens (including phenoxy) is 1. The highest BCUT2D eigenvalue weighted by Crippen LogP contribution is 2.48. The van der Waals surface area contributed by atoms with Gasteiger partial charge in [0, 0.05) is 0 Å². The first-order valence-electron chi connectivity index (χ1n) is 5.75. The van der Waals surface area contributed by atoms with Gasteiger partial charge in [0.1, 0.15) is 5.75 Å². The second-order valence-corrected chi connectivity index (χ2v) is 4.83. The summed E-state index contributed by atoms with van der Waals surface area (Å²) in [6, 6.07) is 4.35. The topological polar surface area (TPSA) is 9.23 Å². The first-order chi connectivity index (χ1) is 7.07. The zero-order valence-electron chi connectivity index (χ0n) is 10.3. The van der Waals surface area contributed by atoms with Gasteiger partial charge in [-0.25, -0.2) is 0 Å². The molecule has 15 heavy (non-hydrogen) atoms. The molecule has 0 fully saturated rings. The third kappa shape index (κ3) is 1.37. The van der Waals surface area contributed by atoms with E-state index in [1.165, 1.54) is 16.7 Å². The maximum atomic E-state index is 5.39. The Morgan fingerprint density at radius 3 is 2.33 bits per heavy atom. The number of fused-ring (bicyclic) bond motifs is 1. The average molecular weight is 204 g/mol. The first-order valence-corrected chi connectivity index (χ1v) is 5.75. The zero-order valence-corrected chi connectivity index (χ0v) is 10.3. The van der Waals surface area contributed by atoms with Crippen LogP contribution < -0.4 is 4.74 Å². The van der Waals surface area contributed by atoms with Gasteiger partial charge >= 0.3 is 0 Å². The van der Waals surface area contributed by atoms with E-state index in [0.29, 0.717) is 11.8 Å². The van der Waals surface area contributed by atoms with Crippen molar-refractivity contribution in [1.82, 2.24) is 0 Å². The molecule has 0 radical (unpaired) electrons. The minimum Gasteiger partial charge on any atom is -0.496 e. The predicted octanol–water partition coefficient (Wildman–Crippen LogP) is 3.86. The van der Waals surface area contributed by atoms with Crippen molar-refractivity contribution in [1.29, 1.82) is 0 Å². The van der Waals surface area contributed by atoms with E-state index in [-0.39, 0.29) is 0 Å². The first kappa shape index (κ1) is 10.5. The highest BCUT2D eigenvalue weighted by molar-refractivity contribution is 5.50. The van der Waals surface area contributed by atoms with Crippen LogP contribution in [0.1, 0.15) is 49.3 Å². The Kier molecular flexibility index (Phi) is 2.49. The Bertz CT molecular complexity index is 381. The van der Waals surface area contributed by atoms with E-state index in [0.717, 1.165) is 11.7 Å². The summed E-state index contributed by atoms with van der Waals surface area (Å²) < 4.78 is 5.39. The molecule has 0 heterocycles. The van der Waals surface area contributed by atoms with Gasteiger partial charge in [-0.15, -0.1) is 0 Å². The molecule has 82 valence electrons. The van der Waals surface area contributed by atoms with Crippen LogP contribution in [0.4, 0.5) is 0 Å². The molecule has 0 amide bonds. The normalized spacial score (nSPS) is 29.0. The highest BCUT2D eigenvalue weighted by Gasteiger charge is 2.34. The summed E-state index contributed by atoms with van der Waals surface area (Å²) in [5, 5.41) is 0. The van der Waals surface area contributed by atoms with Crippen LogP contribution in [0.15, 0.2) is 12.1 Å². The fourth-order valence-corrected chi connectivity index (χ4v) is 2.93. The average Bonchev–Trinajstić information content (AvgIpc) is 2.45. The lowest BCUT2D eigenvalue weighted by Gasteiger charge is -2.15. The molecule has 0 aromatic heterocycles. The lowest BCUT2D eigenvalue weighted by atomic mass is 9.91. The standard InChI is InChI=1S/C14H20O/c1-8-9(2)12-6-7-13(15-5)11(4)14(12)10(8)3/h6-10H,1-5H3. The SMILES string of the molecule is COc1ccc2c(c1C)C(C)C(C)C2C. The lowest BCUT2D eigenvalue weighted by molar-refractivity contribution is 0.410. The zero-order chi connectivity index (χ0) is 11.2. The summed E-state index contributed by atoms with van der Waals surface area (Å²) in [4.78, 5) is 0. The van der Waals surface area contributed by atoms with Gasteiger partial charge in [0.2, 0.25) is 0 Å². The maximum Gasteiger partial charge on any atom is 0.122 e. The molecule has 1 aliphatic carbocycles. The summed E-state index contributed by atoms with van der Waals surface area (Å²) in [5.41, 5.74) is 4.38. The van der Waals surface area contributed by atoms with E-state index in [1.54, 1.807) is 7.11 Å². The van der Waals surface area contributed by atoms with Crippen LogP contribution in [0.5, 0.6) is 5.75 Å². The molecule has 1 aliphatic rings. The second kappa shape index (κ2) is 3.55. The Labute approximate surface area is 92.5 Å². The van der Waals surface area contributed by atoms with Crippen molar-refractivity contribution >= 4 is 0 Å². The van der Waals surface area contributed by atoms with Gasteiger partial charge in [0.25, 0.3) is 0 Å². The number of hydrogen-bond donors (Lipinski definition) is 0. The van der Waals surface area contributed by atoms with Crippen LogP contribution in [-0.2, 0) is 0 Å². The molecule has 0 N–H and O–H groups in total. The molecule has 3 atom stereocenters. The highest BCUT2D eigenvalue weighted by atomic mass is 16.5. The van der Waals surface area contributed by atoms with Crippen LogP contribution in [0, 0.1) is 12.8 Å². The molecule has 1 aromatic carbocycles. The third-order valence-corrected chi connectivity index (χ3v) is 4.24. The van der Waals surface area contributed by atoms with Crippen molar-refractivity contribution in [3.05, 3.63) is 28.8 Å². The van der Waals surface area contributed by atoms with E-state index >= 15 is 0 Å². The molecule has 3 unspecified atom stereocenters. The molecule has 2 rings (SSSR count). The van der Waals surface area contributed by atoms with Gasteiger partial charge in [-0.2, -0.15) is 0 Å². The molecular weight excluding hydrogens is 184 g/mol. The molecule has 0 aliphatic heterocycles. The summed E-state index contributed by atoms with van der Waals surface area (Å²) in [6.45, 7) is 9.19. The molecular formula is C14H20O. The van der Waals surface area contributed by atoms with Gasteiger partial charge in [-0.1, -0.05) is 26.8 Å². The second-order valence-electron chi connectivity index (χ2n) is 4.83. The van der Waals surface area contributed by atoms with Crippen molar-refractivity contribution < 1.29 is 4.74 Å². The molecule has 0 saturated heterocycles. The van der Waals surface area contributed by atoms with Gasteiger partial charge in [0.05, 0.1) is 7.11 Å². The number of rotatable bonds is 1. The lowest BCUT2D eigenvalue weighted by Crippen LogP contribution is -2.02. The molecule has 1 heteroatoms. The summed E-state index contributed by atoms with van der Waals surface area (Å²) in [5.74, 6) is 3.11.